The average molecular weight is 956 g/mol. The highest BCUT2D eigenvalue weighted by molar-refractivity contribution is 5.71. The second kappa shape index (κ2) is 56.4. The standard InChI is InChI=1S/C63H102O6/c1-4-7-10-13-16-18-20-21-22-23-24-25-26-27-28-29-30-31-32-33-34-35-36-37-38-39-40-41-42-43-44-46-47-50-53-56-62(65)68-59-60(58-67-61(64)55-52-49-15-12-9-6-3)69-63(66)57-54-51-48-45-19-17-14-11-8-5-2/h7,10,16,18,21-22,24-25,27-28,30-31,33-34,36-37,39-40,42-43,60H,4-6,8-9,11-15,17,19-20,23,26,29,32,35,38,41,44-59H2,1-3H3/b10-7-,18-16-,22-21-,25-24-,28-27-,31-30-,34-33-,37-36-,40-39-,43-42-. The molecule has 0 aromatic rings. The van der Waals surface area contributed by atoms with Gasteiger partial charge in [0.15, 0.2) is 6.10 Å². The van der Waals surface area contributed by atoms with Crippen molar-refractivity contribution in [3.05, 3.63) is 122 Å². The van der Waals surface area contributed by atoms with E-state index in [0.29, 0.717) is 19.3 Å². The maximum Gasteiger partial charge on any atom is 0.306 e. The molecule has 0 amide bonds. The van der Waals surface area contributed by atoms with Crippen molar-refractivity contribution in [2.24, 2.45) is 0 Å². The summed E-state index contributed by atoms with van der Waals surface area (Å²) in [6.45, 7) is 6.41. The Labute approximate surface area is 424 Å². The molecule has 1 unspecified atom stereocenters. The molecule has 0 bridgehead atoms. The van der Waals surface area contributed by atoms with E-state index in [0.717, 1.165) is 135 Å². The van der Waals surface area contributed by atoms with Crippen LogP contribution in [0.25, 0.3) is 0 Å². The Balaban J connectivity index is 4.11. The van der Waals surface area contributed by atoms with Gasteiger partial charge in [-0.25, -0.2) is 0 Å². The number of ether oxygens (including phenoxy) is 3. The third-order valence-electron chi connectivity index (χ3n) is 11.5. The van der Waals surface area contributed by atoms with Crippen LogP contribution in [0.1, 0.15) is 239 Å². The van der Waals surface area contributed by atoms with Gasteiger partial charge in [-0.2, -0.15) is 0 Å². The third kappa shape index (κ3) is 54.6. The topological polar surface area (TPSA) is 78.9 Å². The minimum Gasteiger partial charge on any atom is -0.462 e. The molecule has 0 aliphatic heterocycles. The third-order valence-corrected chi connectivity index (χ3v) is 11.5. The van der Waals surface area contributed by atoms with Gasteiger partial charge in [-0.3, -0.25) is 14.4 Å². The van der Waals surface area contributed by atoms with Crippen molar-refractivity contribution < 1.29 is 28.6 Å². The first-order valence-electron chi connectivity index (χ1n) is 28.0. The van der Waals surface area contributed by atoms with E-state index in [1.165, 1.54) is 64.2 Å². The molecule has 390 valence electrons. The number of hydrogen-bond acceptors (Lipinski definition) is 6. The minimum absolute atomic E-state index is 0.0861. The van der Waals surface area contributed by atoms with E-state index < -0.39 is 6.10 Å². The summed E-state index contributed by atoms with van der Waals surface area (Å²) in [6.07, 6.45) is 78.0. The Hall–Kier alpha value is -4.19. The van der Waals surface area contributed by atoms with Crippen LogP contribution in [0.4, 0.5) is 0 Å². The fourth-order valence-electron chi connectivity index (χ4n) is 7.29. The van der Waals surface area contributed by atoms with Crippen LogP contribution in [0.3, 0.4) is 0 Å². The molecular weight excluding hydrogens is 853 g/mol. The van der Waals surface area contributed by atoms with E-state index in [4.69, 9.17) is 14.2 Å². The van der Waals surface area contributed by atoms with Crippen LogP contribution in [0.5, 0.6) is 0 Å². The van der Waals surface area contributed by atoms with Gasteiger partial charge < -0.3 is 14.2 Å². The van der Waals surface area contributed by atoms with E-state index in [9.17, 15) is 14.4 Å². The van der Waals surface area contributed by atoms with E-state index >= 15 is 0 Å². The summed E-state index contributed by atoms with van der Waals surface area (Å²) >= 11 is 0. The monoisotopic (exact) mass is 955 g/mol. The SMILES string of the molecule is CC/C=C\C/C=C\C/C=C\C/C=C\C/C=C\C/C=C\C/C=C\C/C=C\C/C=C\C/C=C\CCCCCCC(=O)OCC(COC(=O)CCCCCCCC)OC(=O)CCCCCCCCCCCC. The molecule has 0 spiro atoms. The number of allylic oxidation sites excluding steroid dienone is 20. The summed E-state index contributed by atoms with van der Waals surface area (Å²) in [5.41, 5.74) is 0. The van der Waals surface area contributed by atoms with Crippen molar-refractivity contribution >= 4 is 17.9 Å². The molecule has 0 N–H and O–H groups in total. The van der Waals surface area contributed by atoms with Crippen LogP contribution in [-0.4, -0.2) is 37.2 Å². The molecule has 0 aromatic heterocycles. The highest BCUT2D eigenvalue weighted by Gasteiger charge is 2.19. The van der Waals surface area contributed by atoms with Gasteiger partial charge in [0.2, 0.25) is 0 Å². The summed E-state index contributed by atoms with van der Waals surface area (Å²) in [5, 5.41) is 0. The number of rotatable bonds is 49. The lowest BCUT2D eigenvalue weighted by molar-refractivity contribution is -0.167. The van der Waals surface area contributed by atoms with E-state index in [1.54, 1.807) is 0 Å². The predicted molar refractivity (Wildman–Crippen MR) is 297 cm³/mol. The molecule has 6 nitrogen and oxygen atoms in total. The minimum atomic E-state index is -0.783. The molecule has 1 atom stereocenters. The van der Waals surface area contributed by atoms with Crippen molar-refractivity contribution in [2.75, 3.05) is 13.2 Å². The van der Waals surface area contributed by atoms with Crippen molar-refractivity contribution in [1.29, 1.82) is 0 Å². The summed E-state index contributed by atoms with van der Waals surface area (Å²) < 4.78 is 16.6. The fraction of sp³-hybridized carbons (Fsp3) is 0.635. The van der Waals surface area contributed by atoms with Gasteiger partial charge in [-0.05, 0) is 96.3 Å². The van der Waals surface area contributed by atoms with Gasteiger partial charge in [0.05, 0.1) is 0 Å². The molecule has 69 heavy (non-hydrogen) atoms. The highest BCUT2D eigenvalue weighted by atomic mass is 16.6. The lowest BCUT2D eigenvalue weighted by atomic mass is 10.1. The Kier molecular flexibility index (Phi) is 53.0. The maximum absolute atomic E-state index is 12.7. The van der Waals surface area contributed by atoms with Crippen molar-refractivity contribution in [3.8, 4) is 0 Å². The van der Waals surface area contributed by atoms with E-state index in [2.05, 4.69) is 142 Å². The normalized spacial score (nSPS) is 13.0. The van der Waals surface area contributed by atoms with Crippen LogP contribution in [0, 0.1) is 0 Å². The van der Waals surface area contributed by atoms with Crippen LogP contribution < -0.4 is 0 Å². The molecule has 0 rings (SSSR count). The number of unbranched alkanes of at least 4 members (excludes halogenated alkanes) is 18. The van der Waals surface area contributed by atoms with Gasteiger partial charge >= 0.3 is 17.9 Å². The predicted octanol–water partition coefficient (Wildman–Crippen LogP) is 18.9. The van der Waals surface area contributed by atoms with Crippen LogP contribution >= 0.6 is 0 Å². The molecule has 0 heterocycles. The maximum atomic E-state index is 12.7. The average Bonchev–Trinajstić information content (AvgIpc) is 3.35. The first kappa shape index (κ1) is 64.8. The lowest BCUT2D eigenvalue weighted by Gasteiger charge is -2.18. The Morgan fingerprint density at radius 1 is 0.304 bits per heavy atom. The van der Waals surface area contributed by atoms with E-state index in [-0.39, 0.29) is 31.1 Å². The van der Waals surface area contributed by atoms with Gasteiger partial charge in [0.25, 0.3) is 0 Å². The first-order chi connectivity index (χ1) is 34.0. The Morgan fingerprint density at radius 2 is 0.565 bits per heavy atom. The molecule has 6 heteroatoms. The van der Waals surface area contributed by atoms with Gasteiger partial charge in [-0.1, -0.05) is 245 Å². The van der Waals surface area contributed by atoms with Gasteiger partial charge in [-0.15, -0.1) is 0 Å². The molecule has 0 aliphatic rings. The quantitative estimate of drug-likeness (QED) is 0.0262. The van der Waals surface area contributed by atoms with Gasteiger partial charge in [0, 0.05) is 19.3 Å². The Bertz CT molecular complexity index is 1470. The summed E-state index contributed by atoms with van der Waals surface area (Å²) in [7, 11) is 0. The van der Waals surface area contributed by atoms with Gasteiger partial charge in [0.1, 0.15) is 13.2 Å². The number of esters is 3. The molecule has 0 saturated carbocycles. The largest absolute Gasteiger partial charge is 0.462 e. The molecule has 0 aromatic carbocycles. The van der Waals surface area contributed by atoms with Crippen LogP contribution in [0.15, 0.2) is 122 Å². The van der Waals surface area contributed by atoms with Crippen molar-refractivity contribution in [1.82, 2.24) is 0 Å². The zero-order valence-corrected chi connectivity index (χ0v) is 44.5. The molecule has 0 radical (unpaired) electrons. The van der Waals surface area contributed by atoms with Crippen LogP contribution in [0.2, 0.25) is 0 Å². The summed E-state index contributed by atoms with van der Waals surface area (Å²) in [6, 6.07) is 0. The van der Waals surface area contributed by atoms with Crippen molar-refractivity contribution in [2.45, 2.75) is 245 Å². The second-order valence-electron chi connectivity index (χ2n) is 18.1. The molecular formula is C63H102O6. The van der Waals surface area contributed by atoms with Crippen molar-refractivity contribution in [3.63, 3.8) is 0 Å². The fourth-order valence-corrected chi connectivity index (χ4v) is 7.29. The molecule has 0 aliphatic carbocycles. The second-order valence-corrected chi connectivity index (χ2v) is 18.1. The lowest BCUT2D eigenvalue weighted by Crippen LogP contribution is -2.30. The molecule has 0 saturated heterocycles. The summed E-state index contributed by atoms with van der Waals surface area (Å²) in [5.74, 6) is -0.929. The smallest absolute Gasteiger partial charge is 0.306 e. The first-order valence-corrected chi connectivity index (χ1v) is 28.0. The Morgan fingerprint density at radius 3 is 0.884 bits per heavy atom. The number of hydrogen-bond donors (Lipinski definition) is 0. The zero-order chi connectivity index (χ0) is 50.0. The number of carbonyl (C=O) groups is 3. The summed E-state index contributed by atoms with van der Waals surface area (Å²) in [4.78, 5) is 37.7. The van der Waals surface area contributed by atoms with E-state index in [1.807, 2.05) is 0 Å². The molecule has 0 fully saturated rings. The number of carbonyl (C=O) groups excluding carboxylic acids is 3. The van der Waals surface area contributed by atoms with Crippen LogP contribution in [-0.2, 0) is 28.6 Å². The zero-order valence-electron chi connectivity index (χ0n) is 44.5. The highest BCUT2D eigenvalue weighted by Crippen LogP contribution is 2.14.